The molecule has 1 N–H and O–H groups in total. The molecule has 0 spiro atoms. The maximum Gasteiger partial charge on any atom is 0.358 e. The van der Waals surface area contributed by atoms with Crippen molar-refractivity contribution in [2.24, 2.45) is 0 Å². The Balaban J connectivity index is 1.73. The van der Waals surface area contributed by atoms with Crippen LogP contribution in [0.2, 0.25) is 10.0 Å². The Morgan fingerprint density at radius 3 is 2.88 bits per heavy atom. The van der Waals surface area contributed by atoms with Crippen LogP contribution in [0.1, 0.15) is 16.4 Å². The van der Waals surface area contributed by atoms with Gasteiger partial charge in [0, 0.05) is 11.2 Å². The van der Waals surface area contributed by atoms with Crippen molar-refractivity contribution in [2.75, 3.05) is 7.11 Å². The van der Waals surface area contributed by atoms with E-state index in [4.69, 9.17) is 32.4 Å². The molecule has 124 valence electrons. The summed E-state index contributed by atoms with van der Waals surface area (Å²) < 4.78 is 15.7. The number of aromatic amines is 1. The van der Waals surface area contributed by atoms with Gasteiger partial charge < -0.3 is 18.9 Å². The van der Waals surface area contributed by atoms with Crippen LogP contribution in [0.4, 0.5) is 0 Å². The Kier molecular flexibility index (Phi) is 4.73. The second-order valence-electron chi connectivity index (χ2n) is 4.62. The second-order valence-corrected chi connectivity index (χ2v) is 5.47. The number of rotatable bonds is 5. The fraction of sp³-hybridized carbons (Fsp3) is 0.133. The normalized spacial score (nSPS) is 10.6. The van der Waals surface area contributed by atoms with Crippen LogP contribution in [0.15, 0.2) is 34.9 Å². The van der Waals surface area contributed by atoms with Crippen molar-refractivity contribution in [1.82, 2.24) is 15.2 Å². The fourth-order valence-corrected chi connectivity index (χ4v) is 2.45. The summed E-state index contributed by atoms with van der Waals surface area (Å²) in [5.74, 6) is 0.269. The highest BCUT2D eigenvalue weighted by Gasteiger charge is 2.16. The smallest absolute Gasteiger partial charge is 0.358 e. The van der Waals surface area contributed by atoms with Gasteiger partial charge in [-0.3, -0.25) is 0 Å². The van der Waals surface area contributed by atoms with Crippen molar-refractivity contribution in [2.45, 2.75) is 6.61 Å². The molecule has 3 rings (SSSR count). The van der Waals surface area contributed by atoms with E-state index in [1.54, 1.807) is 30.5 Å². The summed E-state index contributed by atoms with van der Waals surface area (Å²) in [6.07, 6.45) is 1.56. The average molecular weight is 368 g/mol. The summed E-state index contributed by atoms with van der Waals surface area (Å²) in [7, 11) is 1.28. The molecule has 0 aliphatic rings. The van der Waals surface area contributed by atoms with Gasteiger partial charge in [0.2, 0.25) is 5.89 Å². The summed E-state index contributed by atoms with van der Waals surface area (Å²) in [6.45, 7) is -0.0138. The first-order chi connectivity index (χ1) is 11.6. The van der Waals surface area contributed by atoms with Crippen LogP contribution >= 0.6 is 23.2 Å². The quantitative estimate of drug-likeness (QED) is 0.690. The van der Waals surface area contributed by atoms with Gasteiger partial charge in [-0.15, -0.1) is 10.2 Å². The number of hydrogen-bond donors (Lipinski definition) is 1. The summed E-state index contributed by atoms with van der Waals surface area (Å²) in [5, 5.41) is 8.73. The van der Waals surface area contributed by atoms with E-state index in [-0.39, 0.29) is 24.1 Å². The Hall–Kier alpha value is -2.51. The Labute approximate surface area is 146 Å². The van der Waals surface area contributed by atoms with Crippen LogP contribution in [0.25, 0.3) is 11.5 Å². The van der Waals surface area contributed by atoms with Gasteiger partial charge in [0.25, 0.3) is 5.89 Å². The van der Waals surface area contributed by atoms with Gasteiger partial charge in [0.05, 0.1) is 17.7 Å². The lowest BCUT2D eigenvalue weighted by atomic mass is 10.2. The molecule has 0 saturated carbocycles. The summed E-state index contributed by atoms with van der Waals surface area (Å²) >= 11 is 12.0. The molecule has 0 atom stereocenters. The topological polar surface area (TPSA) is 90.2 Å². The van der Waals surface area contributed by atoms with Gasteiger partial charge in [-0.2, -0.15) is 0 Å². The van der Waals surface area contributed by atoms with Crippen LogP contribution in [0.3, 0.4) is 0 Å². The van der Waals surface area contributed by atoms with Crippen LogP contribution in [0.5, 0.6) is 5.75 Å². The molecule has 24 heavy (non-hydrogen) atoms. The van der Waals surface area contributed by atoms with Gasteiger partial charge in [-0.1, -0.05) is 23.2 Å². The number of H-pyrrole nitrogens is 1. The lowest BCUT2D eigenvalue weighted by Gasteiger charge is -2.03. The van der Waals surface area contributed by atoms with Crippen LogP contribution in [-0.4, -0.2) is 28.3 Å². The van der Waals surface area contributed by atoms with Gasteiger partial charge in [-0.25, -0.2) is 4.79 Å². The molecule has 2 aromatic heterocycles. The van der Waals surface area contributed by atoms with Crippen molar-refractivity contribution < 1.29 is 18.7 Å². The number of benzene rings is 1. The molecule has 0 radical (unpaired) electrons. The first kappa shape index (κ1) is 16.4. The number of nitrogens with zero attached hydrogens (tertiary/aromatic N) is 2. The van der Waals surface area contributed by atoms with E-state index in [1.165, 1.54) is 7.11 Å². The molecule has 3 aromatic rings. The Bertz CT molecular complexity index is 875. The third-order valence-electron chi connectivity index (χ3n) is 3.08. The summed E-state index contributed by atoms with van der Waals surface area (Å²) in [4.78, 5) is 14.3. The van der Waals surface area contributed by atoms with Crippen LogP contribution in [0, 0.1) is 0 Å². The van der Waals surface area contributed by atoms with Gasteiger partial charge in [0.1, 0.15) is 0 Å². The number of nitrogens with one attached hydrogen (secondary N) is 1. The minimum atomic E-state index is -0.533. The maximum atomic E-state index is 11.6. The predicted octanol–water partition coefficient (Wildman–Crippen LogP) is 3.74. The largest absolute Gasteiger partial charge is 0.481 e. The Morgan fingerprint density at radius 1 is 1.29 bits per heavy atom. The van der Waals surface area contributed by atoms with Gasteiger partial charge >= 0.3 is 5.97 Å². The number of halogens is 2. The Morgan fingerprint density at radius 2 is 2.12 bits per heavy atom. The van der Waals surface area contributed by atoms with E-state index >= 15 is 0 Å². The van der Waals surface area contributed by atoms with Crippen LogP contribution in [-0.2, 0) is 11.3 Å². The van der Waals surface area contributed by atoms with E-state index < -0.39 is 5.97 Å². The lowest BCUT2D eigenvalue weighted by molar-refractivity contribution is 0.0589. The molecule has 0 aliphatic heterocycles. The zero-order valence-electron chi connectivity index (χ0n) is 12.4. The van der Waals surface area contributed by atoms with E-state index in [1.807, 2.05) is 0 Å². The molecule has 0 fully saturated rings. The highest BCUT2D eigenvalue weighted by atomic mass is 35.5. The third kappa shape index (κ3) is 3.37. The summed E-state index contributed by atoms with van der Waals surface area (Å²) in [6, 6.07) is 6.54. The van der Waals surface area contributed by atoms with E-state index in [2.05, 4.69) is 19.9 Å². The number of aromatic nitrogens is 3. The third-order valence-corrected chi connectivity index (χ3v) is 3.63. The van der Waals surface area contributed by atoms with Crippen molar-refractivity contribution in [3.63, 3.8) is 0 Å². The average Bonchev–Trinajstić information content (AvgIpc) is 3.21. The van der Waals surface area contributed by atoms with Crippen molar-refractivity contribution >= 4 is 29.2 Å². The number of carbonyl (C=O) groups excluding carboxylic acids is 1. The number of methoxy groups -OCH3 is 1. The van der Waals surface area contributed by atoms with Crippen molar-refractivity contribution in [3.8, 4) is 17.2 Å². The molecule has 2 heterocycles. The molecule has 0 unspecified atom stereocenters. The molecule has 0 aliphatic carbocycles. The second kappa shape index (κ2) is 6.94. The van der Waals surface area contributed by atoms with Crippen LogP contribution < -0.4 is 4.74 Å². The van der Waals surface area contributed by atoms with Crippen molar-refractivity contribution in [1.29, 1.82) is 0 Å². The highest BCUT2D eigenvalue weighted by Crippen LogP contribution is 2.29. The van der Waals surface area contributed by atoms with Gasteiger partial charge in [-0.05, 0) is 24.3 Å². The maximum absolute atomic E-state index is 11.6. The molecule has 9 heteroatoms. The zero-order valence-corrected chi connectivity index (χ0v) is 13.9. The first-order valence-corrected chi connectivity index (χ1v) is 7.50. The molecular formula is C15H11Cl2N3O4. The fourth-order valence-electron chi connectivity index (χ4n) is 1.96. The molecule has 1 aromatic carbocycles. The van der Waals surface area contributed by atoms with E-state index in [0.717, 1.165) is 0 Å². The van der Waals surface area contributed by atoms with Gasteiger partial charge in [0.15, 0.2) is 18.1 Å². The highest BCUT2D eigenvalue weighted by molar-refractivity contribution is 6.36. The molecule has 0 saturated heterocycles. The molecular weight excluding hydrogens is 357 g/mol. The number of carbonyl (C=O) groups is 1. The minimum Gasteiger partial charge on any atom is -0.481 e. The number of hydrogen-bond acceptors (Lipinski definition) is 6. The molecule has 0 amide bonds. The monoisotopic (exact) mass is 367 g/mol. The standard InChI is InChI=1S/C15H11Cl2N3O4/c1-22-15(21)13-11(4-5-18-13)23-7-12-19-20-14(24-12)9-3-2-8(16)6-10(9)17/h2-6,18H,7H2,1H3. The molecule has 7 nitrogen and oxygen atoms in total. The predicted molar refractivity (Wildman–Crippen MR) is 86.2 cm³/mol. The minimum absolute atomic E-state index is 0.0138. The van der Waals surface area contributed by atoms with E-state index in [9.17, 15) is 4.79 Å². The summed E-state index contributed by atoms with van der Waals surface area (Å²) in [5.41, 5.74) is 0.773. The van der Waals surface area contributed by atoms with E-state index in [0.29, 0.717) is 21.4 Å². The SMILES string of the molecule is COC(=O)c1[nH]ccc1OCc1nnc(-c2ccc(Cl)cc2Cl)o1. The van der Waals surface area contributed by atoms with Crippen molar-refractivity contribution in [3.05, 3.63) is 52.1 Å². The zero-order chi connectivity index (χ0) is 17.1. The molecule has 0 bridgehead atoms. The number of ether oxygens (including phenoxy) is 2. The number of esters is 1. The first-order valence-electron chi connectivity index (χ1n) is 6.74. The lowest BCUT2D eigenvalue weighted by Crippen LogP contribution is -2.05.